The minimum atomic E-state index is -1.41. The molecule has 33 heavy (non-hydrogen) atoms. The number of nitrogens with one attached hydrogen (secondary N) is 1. The van der Waals surface area contributed by atoms with E-state index >= 15 is 0 Å². The number of ether oxygens (including phenoxy) is 2. The number of carbonyl (C=O) groups excluding carboxylic acids is 2. The SMILES string of the molecule is CC1(c2ccc(Oc3ccccc3)cc2)OC(=O)N(Nc2ccccc2)C1=O.c1cocn1. The number of aromatic nitrogens is 1. The van der Waals surface area contributed by atoms with Crippen molar-refractivity contribution in [2.45, 2.75) is 12.5 Å². The van der Waals surface area contributed by atoms with Crippen LogP contribution in [0.15, 0.2) is 108 Å². The molecule has 0 aliphatic carbocycles. The summed E-state index contributed by atoms with van der Waals surface area (Å²) in [6.45, 7) is 1.58. The predicted molar refractivity (Wildman–Crippen MR) is 120 cm³/mol. The van der Waals surface area contributed by atoms with Crippen molar-refractivity contribution in [2.75, 3.05) is 5.43 Å². The van der Waals surface area contributed by atoms with E-state index in [0.29, 0.717) is 22.7 Å². The normalized spacial score (nSPS) is 17.1. The lowest BCUT2D eigenvalue weighted by Gasteiger charge is -2.21. The van der Waals surface area contributed by atoms with E-state index in [9.17, 15) is 9.59 Å². The van der Waals surface area contributed by atoms with Crippen LogP contribution < -0.4 is 10.2 Å². The zero-order chi connectivity index (χ0) is 23.1. The first-order valence-electron chi connectivity index (χ1n) is 10.1. The Kier molecular flexibility index (Phi) is 6.36. The van der Waals surface area contributed by atoms with Gasteiger partial charge in [0.1, 0.15) is 17.8 Å². The second-order valence-corrected chi connectivity index (χ2v) is 7.13. The minimum Gasteiger partial charge on any atom is -0.457 e. The Labute approximate surface area is 190 Å². The highest BCUT2D eigenvalue weighted by Crippen LogP contribution is 2.35. The van der Waals surface area contributed by atoms with E-state index in [1.807, 2.05) is 36.4 Å². The molecule has 0 spiro atoms. The van der Waals surface area contributed by atoms with E-state index in [0.717, 1.165) is 5.01 Å². The van der Waals surface area contributed by atoms with Crippen LogP contribution in [-0.4, -0.2) is 22.0 Å². The fourth-order valence-corrected chi connectivity index (χ4v) is 3.12. The van der Waals surface area contributed by atoms with Gasteiger partial charge in [0, 0.05) is 5.56 Å². The van der Waals surface area contributed by atoms with Gasteiger partial charge in [-0.3, -0.25) is 10.2 Å². The predicted octanol–water partition coefficient (Wildman–Crippen LogP) is 5.37. The number of hydrogen-bond acceptors (Lipinski definition) is 7. The molecular weight excluding hydrogens is 422 g/mol. The van der Waals surface area contributed by atoms with Crippen molar-refractivity contribution in [2.24, 2.45) is 0 Å². The summed E-state index contributed by atoms with van der Waals surface area (Å²) in [5, 5.41) is 0.893. The Morgan fingerprint density at radius 2 is 1.52 bits per heavy atom. The molecule has 1 aliphatic rings. The Balaban J connectivity index is 0.000000459. The molecule has 0 bridgehead atoms. The number of imide groups is 1. The van der Waals surface area contributed by atoms with Crippen molar-refractivity contribution >= 4 is 17.7 Å². The molecule has 1 saturated heterocycles. The van der Waals surface area contributed by atoms with Gasteiger partial charge in [-0.2, -0.15) is 0 Å². The lowest BCUT2D eigenvalue weighted by molar-refractivity contribution is -0.135. The summed E-state index contributed by atoms with van der Waals surface area (Å²) in [6, 6.07) is 25.3. The fraction of sp³-hybridized carbons (Fsp3) is 0.0800. The van der Waals surface area contributed by atoms with Crippen molar-refractivity contribution in [3.8, 4) is 11.5 Å². The number of amides is 2. The number of cyclic esters (lactones) is 1. The lowest BCUT2D eigenvalue weighted by Crippen LogP contribution is -2.39. The van der Waals surface area contributed by atoms with Gasteiger partial charge in [-0.15, -0.1) is 5.01 Å². The number of benzene rings is 3. The maximum Gasteiger partial charge on any atom is 0.437 e. The fourth-order valence-electron chi connectivity index (χ4n) is 3.12. The highest BCUT2D eigenvalue weighted by molar-refractivity contribution is 6.04. The maximum atomic E-state index is 12.9. The molecule has 1 atom stereocenters. The first-order chi connectivity index (χ1) is 16.1. The Bertz CT molecular complexity index is 1160. The lowest BCUT2D eigenvalue weighted by atomic mass is 9.95. The third-order valence-corrected chi connectivity index (χ3v) is 4.83. The van der Waals surface area contributed by atoms with Crippen LogP contribution in [0, 0.1) is 0 Å². The van der Waals surface area contributed by atoms with Gasteiger partial charge in [0.15, 0.2) is 6.39 Å². The molecule has 1 unspecified atom stereocenters. The first-order valence-corrected chi connectivity index (χ1v) is 10.1. The third-order valence-electron chi connectivity index (χ3n) is 4.83. The van der Waals surface area contributed by atoms with Crippen LogP contribution in [0.1, 0.15) is 12.5 Å². The largest absolute Gasteiger partial charge is 0.457 e. The van der Waals surface area contributed by atoms with Crippen LogP contribution in [0.2, 0.25) is 0 Å². The maximum absolute atomic E-state index is 12.9. The van der Waals surface area contributed by atoms with Gasteiger partial charge in [0.05, 0.1) is 11.9 Å². The van der Waals surface area contributed by atoms with Crippen LogP contribution in [0.4, 0.5) is 10.5 Å². The molecule has 166 valence electrons. The molecular formula is C25H21N3O5. The number of oxazole rings is 1. The summed E-state index contributed by atoms with van der Waals surface area (Å²) in [6.07, 6.45) is 3.72. The summed E-state index contributed by atoms with van der Waals surface area (Å²) in [4.78, 5) is 28.7. The molecule has 1 aromatic heterocycles. The molecule has 0 radical (unpaired) electrons. The molecule has 2 heterocycles. The van der Waals surface area contributed by atoms with Crippen LogP contribution in [0.3, 0.4) is 0 Å². The van der Waals surface area contributed by atoms with Crippen molar-refractivity contribution in [3.63, 3.8) is 0 Å². The molecule has 2 amide bonds. The number of hydrogen-bond donors (Lipinski definition) is 1. The van der Waals surface area contributed by atoms with E-state index in [1.165, 1.54) is 12.7 Å². The van der Waals surface area contributed by atoms with Gasteiger partial charge in [0.2, 0.25) is 5.60 Å². The highest BCUT2D eigenvalue weighted by atomic mass is 16.6. The molecule has 3 aromatic carbocycles. The highest BCUT2D eigenvalue weighted by Gasteiger charge is 2.52. The summed E-state index contributed by atoms with van der Waals surface area (Å²) in [7, 11) is 0. The van der Waals surface area contributed by atoms with Crippen LogP contribution in [-0.2, 0) is 15.1 Å². The van der Waals surface area contributed by atoms with Gasteiger partial charge in [-0.25, -0.2) is 9.78 Å². The molecule has 4 aromatic rings. The Hall–Kier alpha value is -4.59. The minimum absolute atomic E-state index is 0.488. The smallest absolute Gasteiger partial charge is 0.437 e. The molecule has 5 rings (SSSR count). The number of carbonyl (C=O) groups is 2. The van der Waals surface area contributed by atoms with E-state index in [4.69, 9.17) is 9.47 Å². The van der Waals surface area contributed by atoms with E-state index in [1.54, 1.807) is 61.7 Å². The van der Waals surface area contributed by atoms with Crippen LogP contribution in [0.25, 0.3) is 0 Å². The van der Waals surface area contributed by atoms with Gasteiger partial charge in [0.25, 0.3) is 5.91 Å². The van der Waals surface area contributed by atoms with Gasteiger partial charge in [-0.1, -0.05) is 48.5 Å². The first kappa shape index (κ1) is 21.6. The zero-order valence-corrected chi connectivity index (χ0v) is 17.8. The second kappa shape index (κ2) is 9.69. The third kappa shape index (κ3) is 5.01. The molecule has 1 N–H and O–H groups in total. The van der Waals surface area contributed by atoms with E-state index in [-0.39, 0.29) is 0 Å². The quantitative estimate of drug-likeness (QED) is 0.443. The van der Waals surface area contributed by atoms with Gasteiger partial charge >= 0.3 is 6.09 Å². The molecule has 8 heteroatoms. The average molecular weight is 443 g/mol. The average Bonchev–Trinajstić information content (AvgIpc) is 3.50. The summed E-state index contributed by atoms with van der Waals surface area (Å²) in [5.41, 5.74) is 2.55. The number of rotatable bonds is 5. The number of para-hydroxylation sites is 2. The van der Waals surface area contributed by atoms with E-state index < -0.39 is 17.6 Å². The topological polar surface area (TPSA) is 93.9 Å². The Morgan fingerprint density at radius 1 is 0.879 bits per heavy atom. The van der Waals surface area contributed by atoms with Crippen molar-refractivity contribution < 1.29 is 23.5 Å². The molecule has 0 saturated carbocycles. The number of hydrazine groups is 1. The molecule has 1 fully saturated rings. The van der Waals surface area contributed by atoms with Gasteiger partial charge in [-0.05, 0) is 43.3 Å². The standard InChI is InChI=1S/C22H18N2O4.C3H3NO/c1-22(16-12-14-19(15-13-16)27-18-10-6-3-7-11-18)20(25)24(21(26)28-22)23-17-8-4-2-5-9-17;1-2-5-3-4-1/h2-15,23H,1H3;1-3H. The summed E-state index contributed by atoms with van der Waals surface area (Å²) in [5.74, 6) is 0.843. The summed E-state index contributed by atoms with van der Waals surface area (Å²) < 4.78 is 15.7. The van der Waals surface area contributed by atoms with Crippen molar-refractivity contribution in [1.29, 1.82) is 0 Å². The zero-order valence-electron chi connectivity index (χ0n) is 17.8. The molecule has 8 nitrogen and oxygen atoms in total. The van der Waals surface area contributed by atoms with Crippen LogP contribution >= 0.6 is 0 Å². The van der Waals surface area contributed by atoms with E-state index in [2.05, 4.69) is 14.8 Å². The number of nitrogens with zero attached hydrogens (tertiary/aromatic N) is 2. The van der Waals surface area contributed by atoms with Crippen LogP contribution in [0.5, 0.6) is 11.5 Å². The monoisotopic (exact) mass is 443 g/mol. The van der Waals surface area contributed by atoms with Crippen molar-refractivity contribution in [1.82, 2.24) is 9.99 Å². The summed E-state index contributed by atoms with van der Waals surface area (Å²) >= 11 is 0. The number of anilines is 1. The second-order valence-electron chi connectivity index (χ2n) is 7.13. The van der Waals surface area contributed by atoms with Crippen molar-refractivity contribution in [3.05, 3.63) is 109 Å². The molecule has 1 aliphatic heterocycles. The Morgan fingerprint density at radius 3 is 2.09 bits per heavy atom. The van der Waals surface area contributed by atoms with Gasteiger partial charge < -0.3 is 13.9 Å².